The first kappa shape index (κ1) is 17.5. The number of carbonyl (C=O) groups is 1. The Hall–Kier alpha value is -2.86. The Labute approximate surface area is 161 Å². The fraction of sp³-hybridized carbons (Fsp3) is 0.250. The van der Waals surface area contributed by atoms with E-state index in [9.17, 15) is 4.79 Å². The number of carbonyl (C=O) groups excluding carboxylic acids is 1. The molecule has 27 heavy (non-hydrogen) atoms. The zero-order valence-electron chi connectivity index (χ0n) is 14.8. The van der Waals surface area contributed by atoms with Gasteiger partial charge in [0.1, 0.15) is 5.75 Å². The monoisotopic (exact) mass is 383 g/mol. The molecule has 1 unspecified atom stereocenters. The molecule has 2 heterocycles. The average molecular weight is 384 g/mol. The van der Waals surface area contributed by atoms with E-state index in [4.69, 9.17) is 20.9 Å². The number of amides is 1. The third-order valence-electron chi connectivity index (χ3n) is 4.64. The van der Waals surface area contributed by atoms with Crippen molar-refractivity contribution < 1.29 is 14.1 Å². The smallest absolute Gasteiger partial charge is 0.232 e. The highest BCUT2D eigenvalue weighted by Gasteiger charge is 2.34. The lowest BCUT2D eigenvalue weighted by Gasteiger charge is -2.16. The summed E-state index contributed by atoms with van der Waals surface area (Å²) < 4.78 is 10.6. The Morgan fingerprint density at radius 3 is 2.63 bits per heavy atom. The van der Waals surface area contributed by atoms with Crippen molar-refractivity contribution in [2.75, 3.05) is 13.7 Å². The van der Waals surface area contributed by atoms with E-state index in [1.54, 1.807) is 19.2 Å². The van der Waals surface area contributed by atoms with Gasteiger partial charge in [-0.05, 0) is 42.0 Å². The highest BCUT2D eigenvalue weighted by Crippen LogP contribution is 2.30. The molecule has 4 rings (SSSR count). The molecule has 0 bridgehead atoms. The van der Waals surface area contributed by atoms with E-state index in [-0.39, 0.29) is 11.8 Å². The van der Waals surface area contributed by atoms with Crippen LogP contribution in [0.25, 0.3) is 11.4 Å². The molecule has 1 aliphatic rings. The van der Waals surface area contributed by atoms with Gasteiger partial charge in [0.15, 0.2) is 0 Å². The van der Waals surface area contributed by atoms with Crippen LogP contribution in [0, 0.1) is 0 Å². The van der Waals surface area contributed by atoms with Crippen LogP contribution in [0.15, 0.2) is 53.1 Å². The van der Waals surface area contributed by atoms with E-state index < -0.39 is 0 Å². The largest absolute Gasteiger partial charge is 0.497 e. The third kappa shape index (κ3) is 3.80. The van der Waals surface area contributed by atoms with E-state index in [1.165, 1.54) is 0 Å². The van der Waals surface area contributed by atoms with Crippen LogP contribution < -0.4 is 4.74 Å². The maximum atomic E-state index is 12.4. The summed E-state index contributed by atoms with van der Waals surface area (Å²) in [5, 5.41) is 4.69. The number of halogens is 1. The van der Waals surface area contributed by atoms with Gasteiger partial charge in [0.25, 0.3) is 0 Å². The number of benzene rings is 2. The SMILES string of the molecule is COc1ccc(CN2CC(c3nc(-c4ccc(Cl)cc4)no3)CC2=O)cc1. The van der Waals surface area contributed by atoms with Gasteiger partial charge in [-0.25, -0.2) is 0 Å². The van der Waals surface area contributed by atoms with Crippen molar-refractivity contribution in [3.8, 4) is 17.1 Å². The summed E-state index contributed by atoms with van der Waals surface area (Å²) in [5.41, 5.74) is 1.88. The number of aromatic nitrogens is 2. The molecule has 6 nitrogen and oxygen atoms in total. The Balaban J connectivity index is 1.45. The van der Waals surface area contributed by atoms with Gasteiger partial charge in [0.05, 0.1) is 13.0 Å². The number of likely N-dealkylation sites (tertiary alicyclic amines) is 1. The van der Waals surface area contributed by atoms with Gasteiger partial charge in [-0.15, -0.1) is 0 Å². The van der Waals surface area contributed by atoms with Crippen LogP contribution in [-0.2, 0) is 11.3 Å². The lowest BCUT2D eigenvalue weighted by atomic mass is 10.1. The second-order valence-corrected chi connectivity index (χ2v) is 6.92. The van der Waals surface area contributed by atoms with Crippen molar-refractivity contribution in [3.63, 3.8) is 0 Å². The van der Waals surface area contributed by atoms with Gasteiger partial charge >= 0.3 is 0 Å². The number of hydrogen-bond acceptors (Lipinski definition) is 5. The van der Waals surface area contributed by atoms with Gasteiger partial charge < -0.3 is 14.2 Å². The van der Waals surface area contributed by atoms with Crippen molar-refractivity contribution in [1.29, 1.82) is 0 Å². The fourth-order valence-electron chi connectivity index (χ4n) is 3.16. The molecule has 7 heteroatoms. The van der Waals surface area contributed by atoms with E-state index in [1.807, 2.05) is 41.3 Å². The molecule has 138 valence electrons. The van der Waals surface area contributed by atoms with Crippen LogP contribution in [0.2, 0.25) is 5.02 Å². The Morgan fingerprint density at radius 1 is 1.19 bits per heavy atom. The molecular weight excluding hydrogens is 366 g/mol. The Bertz CT molecular complexity index is 938. The van der Waals surface area contributed by atoms with Crippen molar-refractivity contribution in [3.05, 3.63) is 65.0 Å². The summed E-state index contributed by atoms with van der Waals surface area (Å²) in [6, 6.07) is 15.0. The molecule has 1 fully saturated rings. The van der Waals surface area contributed by atoms with Crippen molar-refractivity contribution in [1.82, 2.24) is 15.0 Å². The lowest BCUT2D eigenvalue weighted by Crippen LogP contribution is -2.24. The molecule has 0 radical (unpaired) electrons. The standard InChI is InChI=1S/C20H18ClN3O3/c1-26-17-8-2-13(3-9-17)11-24-12-15(10-18(24)25)20-22-19(23-27-20)14-4-6-16(21)7-5-14/h2-9,15H,10-12H2,1H3. The van der Waals surface area contributed by atoms with Crippen LogP contribution in [-0.4, -0.2) is 34.6 Å². The molecule has 1 saturated heterocycles. The van der Waals surface area contributed by atoms with Gasteiger partial charge in [-0.1, -0.05) is 28.9 Å². The summed E-state index contributed by atoms with van der Waals surface area (Å²) in [7, 11) is 1.63. The average Bonchev–Trinajstić information content (AvgIpc) is 3.30. The summed E-state index contributed by atoms with van der Waals surface area (Å²) >= 11 is 5.91. The van der Waals surface area contributed by atoms with Crippen molar-refractivity contribution in [2.24, 2.45) is 0 Å². The van der Waals surface area contributed by atoms with E-state index in [2.05, 4.69) is 10.1 Å². The number of rotatable bonds is 5. The van der Waals surface area contributed by atoms with E-state index in [0.717, 1.165) is 16.9 Å². The number of methoxy groups -OCH3 is 1. The summed E-state index contributed by atoms with van der Waals surface area (Å²) in [6.45, 7) is 1.12. The maximum absolute atomic E-state index is 12.4. The number of hydrogen-bond donors (Lipinski definition) is 0. The molecule has 1 amide bonds. The molecule has 0 spiro atoms. The minimum Gasteiger partial charge on any atom is -0.497 e. The summed E-state index contributed by atoms with van der Waals surface area (Å²) in [4.78, 5) is 18.7. The lowest BCUT2D eigenvalue weighted by molar-refractivity contribution is -0.128. The van der Waals surface area contributed by atoms with Gasteiger partial charge in [0.2, 0.25) is 17.6 Å². The van der Waals surface area contributed by atoms with Gasteiger partial charge in [-0.2, -0.15) is 4.98 Å². The molecular formula is C20H18ClN3O3. The predicted octanol–water partition coefficient (Wildman–Crippen LogP) is 3.91. The van der Waals surface area contributed by atoms with Crippen molar-refractivity contribution in [2.45, 2.75) is 18.9 Å². The molecule has 0 aliphatic carbocycles. The van der Waals surface area contributed by atoms with Gasteiger partial charge in [0, 0.05) is 30.1 Å². The second kappa shape index (κ2) is 7.40. The molecule has 0 saturated carbocycles. The molecule has 0 N–H and O–H groups in total. The molecule has 2 aromatic carbocycles. The summed E-state index contributed by atoms with van der Waals surface area (Å²) in [6.07, 6.45) is 0.373. The van der Waals surface area contributed by atoms with Gasteiger partial charge in [-0.3, -0.25) is 4.79 Å². The maximum Gasteiger partial charge on any atom is 0.232 e. The van der Waals surface area contributed by atoms with Crippen LogP contribution in [0.3, 0.4) is 0 Å². The zero-order valence-corrected chi connectivity index (χ0v) is 15.5. The normalized spacial score (nSPS) is 16.7. The topological polar surface area (TPSA) is 68.5 Å². The fourth-order valence-corrected chi connectivity index (χ4v) is 3.28. The number of nitrogens with zero attached hydrogens (tertiary/aromatic N) is 3. The van der Waals surface area contributed by atoms with Crippen LogP contribution in [0.1, 0.15) is 23.8 Å². The first-order valence-corrected chi connectivity index (χ1v) is 9.00. The van der Waals surface area contributed by atoms with Crippen molar-refractivity contribution >= 4 is 17.5 Å². The first-order valence-electron chi connectivity index (χ1n) is 8.62. The molecule has 1 aromatic heterocycles. The highest BCUT2D eigenvalue weighted by atomic mass is 35.5. The zero-order chi connectivity index (χ0) is 18.8. The van der Waals surface area contributed by atoms with Crippen LogP contribution in [0.4, 0.5) is 0 Å². The Morgan fingerprint density at radius 2 is 1.93 bits per heavy atom. The molecule has 1 atom stereocenters. The number of ether oxygens (including phenoxy) is 1. The first-order chi connectivity index (χ1) is 13.1. The summed E-state index contributed by atoms with van der Waals surface area (Å²) in [5.74, 6) is 1.78. The van der Waals surface area contributed by atoms with Crippen LogP contribution in [0.5, 0.6) is 5.75 Å². The molecule has 3 aromatic rings. The Kier molecular flexibility index (Phi) is 4.81. The second-order valence-electron chi connectivity index (χ2n) is 6.49. The highest BCUT2D eigenvalue weighted by molar-refractivity contribution is 6.30. The van der Waals surface area contributed by atoms with Crippen LogP contribution >= 0.6 is 11.6 Å². The van der Waals surface area contributed by atoms with E-state index >= 15 is 0 Å². The molecule has 1 aliphatic heterocycles. The quantitative estimate of drug-likeness (QED) is 0.668. The minimum absolute atomic E-state index is 0.0852. The minimum atomic E-state index is -0.0932. The van der Waals surface area contributed by atoms with E-state index in [0.29, 0.717) is 36.2 Å². The predicted molar refractivity (Wildman–Crippen MR) is 101 cm³/mol. The third-order valence-corrected chi connectivity index (χ3v) is 4.89.